The van der Waals surface area contributed by atoms with Crippen LogP contribution in [0.2, 0.25) is 0 Å². The first-order valence-corrected chi connectivity index (χ1v) is 6.38. The van der Waals surface area contributed by atoms with Gasteiger partial charge in [0.15, 0.2) is 0 Å². The van der Waals surface area contributed by atoms with Gasteiger partial charge in [-0.3, -0.25) is 4.99 Å². The van der Waals surface area contributed by atoms with Crippen LogP contribution in [-0.2, 0) is 0 Å². The van der Waals surface area contributed by atoms with Crippen molar-refractivity contribution in [2.24, 2.45) is 4.99 Å². The van der Waals surface area contributed by atoms with Crippen LogP contribution in [0.25, 0.3) is 0 Å². The van der Waals surface area contributed by atoms with Crippen molar-refractivity contribution in [2.75, 3.05) is 18.0 Å². The summed E-state index contributed by atoms with van der Waals surface area (Å²) in [6.45, 7) is 1.54. The highest BCUT2D eigenvalue weighted by molar-refractivity contribution is 5.81. The molecular weight excluding hydrogens is 272 g/mol. The quantitative estimate of drug-likeness (QED) is 0.806. The van der Waals surface area contributed by atoms with Crippen LogP contribution in [0.5, 0.6) is 0 Å². The third kappa shape index (κ3) is 3.86. The molecule has 0 spiro atoms. The SMILES string of the molecule is Fc1ccccc1N1C=NCC1.N#Cc1ccccc1F. The van der Waals surface area contributed by atoms with Crippen molar-refractivity contribution in [3.05, 3.63) is 65.7 Å². The highest BCUT2D eigenvalue weighted by Crippen LogP contribution is 2.18. The Morgan fingerprint density at radius 1 is 1.00 bits per heavy atom. The molecule has 1 heterocycles. The third-order valence-electron chi connectivity index (χ3n) is 2.85. The van der Waals surface area contributed by atoms with Gasteiger partial charge < -0.3 is 4.90 Å². The Balaban J connectivity index is 0.000000161. The lowest BCUT2D eigenvalue weighted by Crippen LogP contribution is -2.19. The average Bonchev–Trinajstić information content (AvgIpc) is 3.03. The first-order valence-electron chi connectivity index (χ1n) is 6.38. The molecule has 0 aliphatic carbocycles. The molecule has 0 fully saturated rings. The number of halogens is 2. The molecule has 2 aromatic rings. The van der Waals surface area contributed by atoms with Gasteiger partial charge in [0.25, 0.3) is 0 Å². The summed E-state index contributed by atoms with van der Waals surface area (Å²) in [5.74, 6) is -0.647. The average molecular weight is 285 g/mol. The molecule has 106 valence electrons. The van der Waals surface area contributed by atoms with E-state index < -0.39 is 5.82 Å². The number of hydrogen-bond acceptors (Lipinski definition) is 3. The van der Waals surface area contributed by atoms with E-state index in [1.54, 1.807) is 36.7 Å². The standard InChI is InChI=1S/C9H9FN2.C7H4FN/c10-8-3-1-2-4-9(8)12-6-5-11-7-12;8-7-4-2-1-3-6(7)5-9/h1-4,7H,5-6H2;1-4H. The Kier molecular flexibility index (Phi) is 4.99. The zero-order valence-corrected chi connectivity index (χ0v) is 11.2. The summed E-state index contributed by atoms with van der Waals surface area (Å²) < 4.78 is 25.5. The molecule has 0 unspecified atom stereocenters. The van der Waals surface area contributed by atoms with E-state index in [9.17, 15) is 8.78 Å². The maximum Gasteiger partial charge on any atom is 0.146 e. The van der Waals surface area contributed by atoms with Crippen molar-refractivity contribution in [3.8, 4) is 6.07 Å². The van der Waals surface area contributed by atoms with E-state index in [-0.39, 0.29) is 11.4 Å². The third-order valence-corrected chi connectivity index (χ3v) is 2.85. The number of rotatable bonds is 1. The van der Waals surface area contributed by atoms with Gasteiger partial charge in [0.1, 0.15) is 17.7 Å². The Morgan fingerprint density at radius 2 is 1.67 bits per heavy atom. The van der Waals surface area contributed by atoms with Crippen molar-refractivity contribution >= 4 is 12.0 Å². The summed E-state index contributed by atoms with van der Waals surface area (Å²) >= 11 is 0. The summed E-state index contributed by atoms with van der Waals surface area (Å²) in [7, 11) is 0. The second-order valence-electron chi connectivity index (χ2n) is 4.26. The topological polar surface area (TPSA) is 39.4 Å². The van der Waals surface area contributed by atoms with E-state index in [4.69, 9.17) is 5.26 Å². The summed E-state index contributed by atoms with van der Waals surface area (Å²) in [5, 5.41) is 8.23. The van der Waals surface area contributed by atoms with Crippen molar-refractivity contribution in [1.82, 2.24) is 0 Å². The van der Waals surface area contributed by atoms with Crippen molar-refractivity contribution in [3.63, 3.8) is 0 Å². The molecule has 0 N–H and O–H groups in total. The predicted octanol–water partition coefficient (Wildman–Crippen LogP) is 3.37. The Bertz CT molecular complexity index is 677. The Hall–Kier alpha value is -2.74. The molecule has 3 nitrogen and oxygen atoms in total. The molecule has 5 heteroatoms. The highest BCUT2D eigenvalue weighted by atomic mass is 19.1. The van der Waals surface area contributed by atoms with Crippen LogP contribution in [0, 0.1) is 23.0 Å². The second kappa shape index (κ2) is 7.15. The molecule has 3 rings (SSSR count). The van der Waals surface area contributed by atoms with Gasteiger partial charge in [-0.05, 0) is 24.3 Å². The number of hydrogen-bond donors (Lipinski definition) is 0. The molecular formula is C16H13F2N3. The number of anilines is 1. The summed E-state index contributed by atoms with van der Waals surface area (Å²) in [6, 6.07) is 14.3. The minimum atomic E-state index is -0.458. The number of aliphatic imine (C=N–C) groups is 1. The summed E-state index contributed by atoms with van der Waals surface area (Å²) in [5.41, 5.74) is 0.705. The zero-order chi connectivity index (χ0) is 15.1. The van der Waals surface area contributed by atoms with Crippen LogP contribution >= 0.6 is 0 Å². The van der Waals surface area contributed by atoms with Crippen LogP contribution in [-0.4, -0.2) is 19.4 Å². The van der Waals surface area contributed by atoms with Crippen molar-refractivity contribution < 1.29 is 8.78 Å². The van der Waals surface area contributed by atoms with Gasteiger partial charge in [-0.15, -0.1) is 0 Å². The molecule has 0 aromatic heterocycles. The van der Waals surface area contributed by atoms with Crippen molar-refractivity contribution in [1.29, 1.82) is 5.26 Å². The minimum absolute atomic E-state index is 0.0949. The van der Waals surface area contributed by atoms with Gasteiger partial charge in [0.2, 0.25) is 0 Å². The van der Waals surface area contributed by atoms with Gasteiger partial charge in [0, 0.05) is 6.54 Å². The lowest BCUT2D eigenvalue weighted by Gasteiger charge is -2.13. The number of para-hydroxylation sites is 1. The fraction of sp³-hybridized carbons (Fsp3) is 0.125. The lowest BCUT2D eigenvalue weighted by atomic mass is 10.2. The van der Waals surface area contributed by atoms with Gasteiger partial charge >= 0.3 is 0 Å². The molecule has 1 aliphatic rings. The maximum atomic E-state index is 13.1. The largest absolute Gasteiger partial charge is 0.328 e. The molecule has 0 amide bonds. The van der Waals surface area contributed by atoms with Gasteiger partial charge in [-0.25, -0.2) is 8.78 Å². The molecule has 1 aliphatic heterocycles. The van der Waals surface area contributed by atoms with E-state index in [1.165, 1.54) is 18.2 Å². The van der Waals surface area contributed by atoms with E-state index in [0.29, 0.717) is 5.69 Å². The fourth-order valence-corrected chi connectivity index (χ4v) is 1.80. The summed E-state index contributed by atoms with van der Waals surface area (Å²) in [6.07, 6.45) is 1.68. The predicted molar refractivity (Wildman–Crippen MR) is 78.2 cm³/mol. The smallest absolute Gasteiger partial charge is 0.146 e. The number of nitriles is 1. The molecule has 0 saturated carbocycles. The fourth-order valence-electron chi connectivity index (χ4n) is 1.80. The van der Waals surface area contributed by atoms with Crippen LogP contribution in [0.15, 0.2) is 53.5 Å². The molecule has 21 heavy (non-hydrogen) atoms. The monoisotopic (exact) mass is 285 g/mol. The van der Waals surface area contributed by atoms with Gasteiger partial charge in [-0.1, -0.05) is 24.3 Å². The van der Waals surface area contributed by atoms with Crippen LogP contribution in [0.1, 0.15) is 5.56 Å². The normalized spacial score (nSPS) is 12.5. The van der Waals surface area contributed by atoms with Crippen LogP contribution < -0.4 is 4.90 Å². The number of benzene rings is 2. The molecule has 2 aromatic carbocycles. The summed E-state index contributed by atoms with van der Waals surface area (Å²) in [4.78, 5) is 5.83. The van der Waals surface area contributed by atoms with Gasteiger partial charge in [-0.2, -0.15) is 5.26 Å². The van der Waals surface area contributed by atoms with E-state index in [0.717, 1.165) is 13.1 Å². The Labute approximate surface area is 121 Å². The number of nitrogens with zero attached hydrogens (tertiary/aromatic N) is 3. The van der Waals surface area contributed by atoms with E-state index >= 15 is 0 Å². The van der Waals surface area contributed by atoms with Crippen LogP contribution in [0.4, 0.5) is 14.5 Å². The minimum Gasteiger partial charge on any atom is -0.328 e. The lowest BCUT2D eigenvalue weighted by molar-refractivity contribution is 0.624. The zero-order valence-electron chi connectivity index (χ0n) is 11.2. The molecule has 0 bridgehead atoms. The van der Waals surface area contributed by atoms with Gasteiger partial charge in [0.05, 0.1) is 24.1 Å². The molecule has 0 radical (unpaired) electrons. The molecule has 0 atom stereocenters. The van der Waals surface area contributed by atoms with E-state index in [2.05, 4.69) is 4.99 Å². The first kappa shape index (κ1) is 14.7. The first-order chi connectivity index (χ1) is 10.2. The Morgan fingerprint density at radius 3 is 2.19 bits per heavy atom. The van der Waals surface area contributed by atoms with Crippen LogP contribution in [0.3, 0.4) is 0 Å². The maximum absolute atomic E-state index is 13.1. The molecule has 0 saturated heterocycles. The second-order valence-corrected chi connectivity index (χ2v) is 4.26. The highest BCUT2D eigenvalue weighted by Gasteiger charge is 2.10. The van der Waals surface area contributed by atoms with Crippen molar-refractivity contribution in [2.45, 2.75) is 0 Å². The van der Waals surface area contributed by atoms with E-state index in [1.807, 2.05) is 11.0 Å².